The highest BCUT2D eigenvalue weighted by atomic mass is 35.5. The van der Waals surface area contributed by atoms with Gasteiger partial charge in [0.1, 0.15) is 0 Å². The lowest BCUT2D eigenvalue weighted by Gasteiger charge is -2.10. The molecule has 0 unspecified atom stereocenters. The molecule has 0 atom stereocenters. The third-order valence-electron chi connectivity index (χ3n) is 3.33. The topological polar surface area (TPSA) is 30.0 Å². The molecule has 0 saturated carbocycles. The lowest BCUT2D eigenvalue weighted by atomic mass is 10.1. The zero-order valence-electron chi connectivity index (χ0n) is 10.3. The van der Waals surface area contributed by atoms with Crippen molar-refractivity contribution in [2.24, 2.45) is 0 Å². The predicted octanol–water partition coefficient (Wildman–Crippen LogP) is 4.57. The Balaban J connectivity index is 2.32. The van der Waals surface area contributed by atoms with E-state index in [2.05, 4.69) is 0 Å². The molecule has 1 aliphatic carbocycles. The smallest absolute Gasteiger partial charge is 0.188 e. The van der Waals surface area contributed by atoms with Crippen LogP contribution in [0.4, 0.5) is 0 Å². The molecular weight excluding hydrogens is 290 g/mol. The number of hydrogen-bond donors (Lipinski definition) is 0. The van der Waals surface area contributed by atoms with E-state index in [1.807, 2.05) is 24.3 Å². The summed E-state index contributed by atoms with van der Waals surface area (Å²) in [4.78, 5) is 17.8. The summed E-state index contributed by atoms with van der Waals surface area (Å²) in [5.74, 6) is 0. The number of fused-ring (bicyclic) bond motifs is 4. The Hall–Kier alpha value is -1.97. The first-order chi connectivity index (χ1) is 9.74. The first-order valence-electron chi connectivity index (χ1n) is 6.15. The van der Waals surface area contributed by atoms with Gasteiger partial charge in [0.15, 0.2) is 5.43 Å². The Kier molecular flexibility index (Phi) is 2.52. The molecule has 1 heterocycles. The SMILES string of the molecule is O=c1cc2sc3ccccc3nc-2c2c(Cl)cccc12. The third kappa shape index (κ3) is 1.64. The molecular formula is C16H8ClNOS. The molecule has 2 nitrogen and oxygen atoms in total. The van der Waals surface area contributed by atoms with Gasteiger partial charge in [-0.05, 0) is 18.2 Å². The van der Waals surface area contributed by atoms with Gasteiger partial charge in [0.05, 0.1) is 25.8 Å². The van der Waals surface area contributed by atoms with E-state index in [0.29, 0.717) is 10.4 Å². The summed E-state index contributed by atoms with van der Waals surface area (Å²) in [7, 11) is 0. The van der Waals surface area contributed by atoms with Crippen LogP contribution in [-0.4, -0.2) is 4.98 Å². The van der Waals surface area contributed by atoms with Crippen molar-refractivity contribution in [3.8, 4) is 10.6 Å². The average Bonchev–Trinajstić information content (AvgIpc) is 2.46. The Bertz CT molecular complexity index is 992. The van der Waals surface area contributed by atoms with Crippen molar-refractivity contribution in [2.45, 2.75) is 0 Å². The number of benzene rings is 3. The van der Waals surface area contributed by atoms with Gasteiger partial charge in [-0.25, -0.2) is 4.98 Å². The lowest BCUT2D eigenvalue weighted by Crippen LogP contribution is -2.03. The van der Waals surface area contributed by atoms with Gasteiger partial charge in [0.2, 0.25) is 0 Å². The fraction of sp³-hybridized carbons (Fsp3) is 0. The normalized spacial score (nSPS) is 11.4. The summed E-state index contributed by atoms with van der Waals surface area (Å²) in [5, 5.41) is 1.94. The maximum absolute atomic E-state index is 12.2. The fourth-order valence-corrected chi connectivity index (χ4v) is 3.70. The average molecular weight is 298 g/mol. The van der Waals surface area contributed by atoms with Gasteiger partial charge in [0.25, 0.3) is 0 Å². The van der Waals surface area contributed by atoms with Crippen molar-refractivity contribution in [2.75, 3.05) is 0 Å². The van der Waals surface area contributed by atoms with E-state index in [1.54, 1.807) is 35.6 Å². The number of rotatable bonds is 0. The van der Waals surface area contributed by atoms with Crippen LogP contribution in [0.3, 0.4) is 0 Å². The zero-order valence-corrected chi connectivity index (χ0v) is 11.8. The van der Waals surface area contributed by atoms with Gasteiger partial charge in [-0.3, -0.25) is 4.79 Å². The number of hydrogen-bond acceptors (Lipinski definition) is 3. The van der Waals surface area contributed by atoms with E-state index in [9.17, 15) is 4.79 Å². The lowest BCUT2D eigenvalue weighted by molar-refractivity contribution is 1.44. The summed E-state index contributed by atoms with van der Waals surface area (Å²) in [5.41, 5.74) is 1.71. The van der Waals surface area contributed by atoms with E-state index < -0.39 is 0 Å². The third-order valence-corrected chi connectivity index (χ3v) is 4.74. The van der Waals surface area contributed by atoms with Crippen LogP contribution in [-0.2, 0) is 0 Å². The minimum absolute atomic E-state index is 0.0108. The highest BCUT2D eigenvalue weighted by Crippen LogP contribution is 2.36. The van der Waals surface area contributed by atoms with Crippen LogP contribution < -0.4 is 5.43 Å². The number of nitrogens with zero attached hydrogens (tertiary/aromatic N) is 1. The van der Waals surface area contributed by atoms with Gasteiger partial charge in [-0.2, -0.15) is 0 Å². The summed E-state index contributed by atoms with van der Waals surface area (Å²) in [6.07, 6.45) is 0. The predicted molar refractivity (Wildman–Crippen MR) is 85.0 cm³/mol. The highest BCUT2D eigenvalue weighted by molar-refractivity contribution is 7.21. The molecule has 0 bridgehead atoms. The second-order valence-corrected chi connectivity index (χ2v) is 6.06. The molecule has 2 aromatic carbocycles. The van der Waals surface area contributed by atoms with Crippen molar-refractivity contribution < 1.29 is 0 Å². The van der Waals surface area contributed by atoms with Crippen LogP contribution in [0.5, 0.6) is 0 Å². The Labute approximate surface area is 123 Å². The second kappa shape index (κ2) is 4.27. The van der Waals surface area contributed by atoms with Crippen molar-refractivity contribution in [1.82, 2.24) is 4.98 Å². The molecule has 2 aromatic rings. The van der Waals surface area contributed by atoms with E-state index in [0.717, 1.165) is 26.2 Å². The van der Waals surface area contributed by atoms with E-state index in [1.165, 1.54) is 0 Å². The van der Waals surface area contributed by atoms with E-state index >= 15 is 0 Å². The molecule has 20 heavy (non-hydrogen) atoms. The Morgan fingerprint density at radius 3 is 2.80 bits per heavy atom. The molecule has 0 fully saturated rings. The van der Waals surface area contributed by atoms with Crippen LogP contribution >= 0.6 is 22.9 Å². The summed E-state index contributed by atoms with van der Waals surface area (Å²) in [6.45, 7) is 0. The summed E-state index contributed by atoms with van der Waals surface area (Å²) < 4.78 is 1.06. The molecule has 0 aromatic heterocycles. The Morgan fingerprint density at radius 1 is 1.05 bits per heavy atom. The molecule has 4 heteroatoms. The van der Waals surface area contributed by atoms with Gasteiger partial charge < -0.3 is 0 Å². The number of halogens is 1. The fourth-order valence-electron chi connectivity index (χ4n) is 2.42. The van der Waals surface area contributed by atoms with Gasteiger partial charge >= 0.3 is 0 Å². The zero-order chi connectivity index (χ0) is 13.7. The molecule has 0 saturated heterocycles. The molecule has 0 amide bonds. The van der Waals surface area contributed by atoms with Crippen molar-refractivity contribution in [1.29, 1.82) is 0 Å². The quantitative estimate of drug-likeness (QED) is 0.351. The first-order valence-corrected chi connectivity index (χ1v) is 7.34. The summed E-state index contributed by atoms with van der Waals surface area (Å²) >= 11 is 7.85. The van der Waals surface area contributed by atoms with Crippen LogP contribution in [0, 0.1) is 0 Å². The molecule has 0 spiro atoms. The number of aromatic nitrogens is 1. The van der Waals surface area contributed by atoms with Crippen molar-refractivity contribution in [3.05, 3.63) is 63.8 Å². The van der Waals surface area contributed by atoms with Crippen LogP contribution in [0.15, 0.2) is 53.3 Å². The van der Waals surface area contributed by atoms with Crippen molar-refractivity contribution >= 4 is 43.9 Å². The molecule has 2 aliphatic rings. The van der Waals surface area contributed by atoms with Gasteiger partial charge in [-0.15, -0.1) is 11.3 Å². The minimum atomic E-state index is -0.0108. The van der Waals surface area contributed by atoms with Crippen molar-refractivity contribution in [3.63, 3.8) is 0 Å². The molecule has 1 aliphatic heterocycles. The van der Waals surface area contributed by atoms with Gasteiger partial charge in [0, 0.05) is 16.8 Å². The summed E-state index contributed by atoms with van der Waals surface area (Å²) in [6, 6.07) is 14.9. The standard InChI is InChI=1S/C16H8ClNOS/c17-10-5-3-4-9-12(19)8-14-16(15(9)10)18-11-6-1-2-7-13(11)20-14/h1-8H. The molecule has 96 valence electrons. The molecule has 4 rings (SSSR count). The van der Waals surface area contributed by atoms with Crippen LogP contribution in [0.2, 0.25) is 5.02 Å². The van der Waals surface area contributed by atoms with E-state index in [4.69, 9.17) is 16.6 Å². The van der Waals surface area contributed by atoms with Crippen LogP contribution in [0.1, 0.15) is 0 Å². The molecule has 0 radical (unpaired) electrons. The largest absolute Gasteiger partial charge is 0.289 e. The highest BCUT2D eigenvalue weighted by Gasteiger charge is 2.15. The number of para-hydroxylation sites is 1. The maximum atomic E-state index is 12.2. The van der Waals surface area contributed by atoms with Crippen LogP contribution in [0.25, 0.3) is 31.6 Å². The second-order valence-electron chi connectivity index (χ2n) is 4.57. The Morgan fingerprint density at radius 2 is 1.90 bits per heavy atom. The maximum Gasteiger partial charge on any atom is 0.188 e. The first kappa shape index (κ1) is 11.8. The van der Waals surface area contributed by atoms with E-state index in [-0.39, 0.29) is 5.43 Å². The molecule has 0 N–H and O–H groups in total. The van der Waals surface area contributed by atoms with Gasteiger partial charge in [-0.1, -0.05) is 35.9 Å². The minimum Gasteiger partial charge on any atom is -0.289 e. The monoisotopic (exact) mass is 297 g/mol.